The van der Waals surface area contributed by atoms with E-state index >= 15 is 4.39 Å². The molecule has 1 saturated carbocycles. The van der Waals surface area contributed by atoms with E-state index in [1.807, 2.05) is 32.2 Å². The molecule has 0 amide bonds. The number of nitrogens with one attached hydrogen (secondary N) is 1. The van der Waals surface area contributed by atoms with Crippen molar-refractivity contribution in [3.63, 3.8) is 0 Å². The molecule has 1 N–H and O–H groups in total. The zero-order valence-corrected chi connectivity index (χ0v) is 25.1. The average molecular weight is 590 g/mol. The summed E-state index contributed by atoms with van der Waals surface area (Å²) in [5.41, 5.74) is 3.25. The van der Waals surface area contributed by atoms with E-state index < -0.39 is 5.82 Å². The number of benzene rings is 2. The Kier molecular flexibility index (Phi) is 6.35. The zero-order valence-electron chi connectivity index (χ0n) is 24.3. The maximum atomic E-state index is 16.9. The van der Waals surface area contributed by atoms with Crippen molar-refractivity contribution in [2.45, 2.75) is 57.5 Å². The Morgan fingerprint density at radius 1 is 1.10 bits per heavy atom. The lowest BCUT2D eigenvalue weighted by Crippen LogP contribution is -2.51. The molecule has 2 atom stereocenters. The Morgan fingerprint density at radius 2 is 1.86 bits per heavy atom. The highest BCUT2D eigenvalue weighted by atomic mass is 35.5. The summed E-state index contributed by atoms with van der Waals surface area (Å²) in [7, 11) is 1.87. The molecule has 220 valence electrons. The number of aromatic nitrogens is 4. The number of anilines is 1. The molecule has 5 heterocycles. The first-order valence-electron chi connectivity index (χ1n) is 15.4. The van der Waals surface area contributed by atoms with E-state index in [2.05, 4.69) is 20.2 Å². The fraction of sp³-hybridized carbons (Fsp3) is 0.531. The van der Waals surface area contributed by atoms with Crippen molar-refractivity contribution in [3.8, 4) is 17.1 Å². The average Bonchev–Trinajstić information content (AvgIpc) is 3.23. The Bertz CT molecular complexity index is 1680. The monoisotopic (exact) mass is 589 g/mol. The number of likely N-dealkylation sites (tertiary alicyclic amines) is 1. The Balaban J connectivity index is 1.24. The first-order chi connectivity index (χ1) is 20.4. The molecule has 2 unspecified atom stereocenters. The normalized spacial score (nSPS) is 23.4. The largest absolute Gasteiger partial charge is 0.463 e. The SMILES string of the molecule is Cc1ccc2cnn(C)c2c1-c1c(Cl)cc2c(N3CC4CCC(C3)N4)nc(OCC3(CN4CCCC4)CC3)nc2c1F. The van der Waals surface area contributed by atoms with Crippen LogP contribution in [0.3, 0.4) is 0 Å². The first-order valence-corrected chi connectivity index (χ1v) is 15.7. The van der Waals surface area contributed by atoms with Crippen LogP contribution in [0.25, 0.3) is 32.9 Å². The minimum absolute atomic E-state index is 0.146. The van der Waals surface area contributed by atoms with Gasteiger partial charge in [0.15, 0.2) is 5.82 Å². The van der Waals surface area contributed by atoms with E-state index in [-0.39, 0.29) is 16.9 Å². The summed E-state index contributed by atoms with van der Waals surface area (Å²) in [6.45, 7) is 7.55. The predicted octanol–water partition coefficient (Wildman–Crippen LogP) is 5.48. The molecule has 2 bridgehead atoms. The summed E-state index contributed by atoms with van der Waals surface area (Å²) in [6, 6.07) is 6.90. The molecule has 10 heteroatoms. The summed E-state index contributed by atoms with van der Waals surface area (Å²) in [6.07, 6.45) is 8.92. The van der Waals surface area contributed by atoms with Crippen LogP contribution in [0.1, 0.15) is 44.1 Å². The fourth-order valence-corrected chi connectivity index (χ4v) is 7.79. The summed E-state index contributed by atoms with van der Waals surface area (Å²) >= 11 is 6.97. The van der Waals surface area contributed by atoms with Crippen molar-refractivity contribution in [3.05, 3.63) is 40.8 Å². The van der Waals surface area contributed by atoms with E-state index in [0.29, 0.717) is 40.5 Å². The molecule has 8 rings (SSSR count). The van der Waals surface area contributed by atoms with Gasteiger partial charge < -0.3 is 19.9 Å². The van der Waals surface area contributed by atoms with Crippen molar-refractivity contribution >= 4 is 39.2 Å². The van der Waals surface area contributed by atoms with Crippen molar-refractivity contribution in [1.82, 2.24) is 30.0 Å². The van der Waals surface area contributed by atoms with Crippen molar-refractivity contribution < 1.29 is 9.13 Å². The standard InChI is InChI=1S/C32H37ClFN7O/c1-19-5-6-20-14-35-39(2)29(20)25(19)26-24(33)13-23-28(27(26)34)37-31(38-30(23)41-15-21-7-8-22(16-41)36-21)42-18-32(9-10-32)17-40-11-3-4-12-40/h5-6,13-14,21-22,36H,3-4,7-12,15-18H2,1-2H3. The molecule has 0 spiro atoms. The van der Waals surface area contributed by atoms with Crippen molar-refractivity contribution in [2.75, 3.05) is 44.2 Å². The lowest BCUT2D eigenvalue weighted by molar-refractivity contribution is 0.170. The quantitative estimate of drug-likeness (QED) is 0.306. The smallest absolute Gasteiger partial charge is 0.319 e. The van der Waals surface area contributed by atoms with Crippen LogP contribution in [0.2, 0.25) is 5.02 Å². The second kappa shape index (κ2) is 10.0. The minimum atomic E-state index is -0.445. The second-order valence-corrected chi connectivity index (χ2v) is 13.5. The van der Waals surface area contributed by atoms with Crippen molar-refractivity contribution in [1.29, 1.82) is 0 Å². The predicted molar refractivity (Wildman–Crippen MR) is 164 cm³/mol. The number of halogens is 2. The summed E-state index contributed by atoms with van der Waals surface area (Å²) in [4.78, 5) is 14.5. The first kappa shape index (κ1) is 26.6. The molecule has 0 radical (unpaired) electrons. The van der Waals surface area contributed by atoms with Gasteiger partial charge in [-0.05, 0) is 70.2 Å². The topological polar surface area (TPSA) is 71.3 Å². The lowest BCUT2D eigenvalue weighted by Gasteiger charge is -2.34. The minimum Gasteiger partial charge on any atom is -0.463 e. The van der Waals surface area contributed by atoms with Gasteiger partial charge in [0.25, 0.3) is 0 Å². The van der Waals surface area contributed by atoms with Gasteiger partial charge in [-0.1, -0.05) is 23.7 Å². The van der Waals surface area contributed by atoms with E-state index in [1.54, 1.807) is 10.9 Å². The van der Waals surface area contributed by atoms with Gasteiger partial charge in [0, 0.05) is 66.1 Å². The molecule has 2 aromatic heterocycles. The molecule has 3 saturated heterocycles. The lowest BCUT2D eigenvalue weighted by atomic mass is 9.96. The van der Waals surface area contributed by atoms with Gasteiger partial charge in [-0.2, -0.15) is 15.1 Å². The second-order valence-electron chi connectivity index (χ2n) is 13.1. The Morgan fingerprint density at radius 3 is 2.60 bits per heavy atom. The maximum Gasteiger partial charge on any atom is 0.319 e. The molecule has 42 heavy (non-hydrogen) atoms. The molecule has 1 aliphatic carbocycles. The Labute approximate surface area is 250 Å². The van der Waals surface area contributed by atoms with Gasteiger partial charge in [-0.25, -0.2) is 4.39 Å². The summed E-state index contributed by atoms with van der Waals surface area (Å²) < 4.78 is 25.1. The molecular weight excluding hydrogens is 553 g/mol. The number of hydrogen-bond acceptors (Lipinski definition) is 7. The highest BCUT2D eigenvalue weighted by Crippen LogP contribution is 2.47. The number of aryl methyl sites for hydroxylation is 2. The highest BCUT2D eigenvalue weighted by molar-refractivity contribution is 6.35. The fourth-order valence-electron chi connectivity index (χ4n) is 7.51. The number of fused-ring (bicyclic) bond motifs is 4. The van der Waals surface area contributed by atoms with Gasteiger partial charge in [-0.3, -0.25) is 4.68 Å². The van der Waals surface area contributed by atoms with Crippen LogP contribution in [-0.4, -0.2) is 76.1 Å². The van der Waals surface area contributed by atoms with Crippen LogP contribution in [0, 0.1) is 18.2 Å². The van der Waals surface area contributed by atoms with Gasteiger partial charge in [0.2, 0.25) is 0 Å². The zero-order chi connectivity index (χ0) is 28.6. The molecular formula is C32H37ClFN7O. The number of piperazine rings is 1. The van der Waals surface area contributed by atoms with E-state index in [1.165, 1.54) is 25.9 Å². The van der Waals surface area contributed by atoms with Crippen LogP contribution in [0.5, 0.6) is 6.01 Å². The van der Waals surface area contributed by atoms with Crippen LogP contribution < -0.4 is 15.0 Å². The van der Waals surface area contributed by atoms with Gasteiger partial charge in [-0.15, -0.1) is 0 Å². The molecule has 4 aliphatic rings. The Hall–Kier alpha value is -3.01. The molecule has 8 nitrogen and oxygen atoms in total. The van der Waals surface area contributed by atoms with E-state index in [9.17, 15) is 0 Å². The van der Waals surface area contributed by atoms with E-state index in [0.717, 1.165) is 67.3 Å². The third kappa shape index (κ3) is 4.52. The summed E-state index contributed by atoms with van der Waals surface area (Å²) in [5, 5.41) is 10.0. The molecule has 3 aliphatic heterocycles. The van der Waals surface area contributed by atoms with Crippen LogP contribution in [0.15, 0.2) is 24.4 Å². The van der Waals surface area contributed by atoms with Gasteiger partial charge >= 0.3 is 6.01 Å². The van der Waals surface area contributed by atoms with Crippen LogP contribution >= 0.6 is 11.6 Å². The third-order valence-corrected chi connectivity index (χ3v) is 10.2. The molecule has 4 fully saturated rings. The van der Waals surface area contributed by atoms with Crippen LogP contribution in [-0.2, 0) is 7.05 Å². The number of nitrogens with zero attached hydrogens (tertiary/aromatic N) is 6. The summed E-state index contributed by atoms with van der Waals surface area (Å²) in [5.74, 6) is 0.264. The van der Waals surface area contributed by atoms with Gasteiger partial charge in [0.1, 0.15) is 11.3 Å². The molecule has 4 aromatic rings. The highest BCUT2D eigenvalue weighted by Gasteiger charge is 2.45. The molecule has 2 aromatic carbocycles. The number of rotatable bonds is 7. The number of ether oxygens (including phenoxy) is 1. The van der Waals surface area contributed by atoms with Crippen LogP contribution in [0.4, 0.5) is 10.2 Å². The number of hydrogen-bond donors (Lipinski definition) is 1. The third-order valence-electron chi connectivity index (χ3n) is 9.94. The van der Waals surface area contributed by atoms with E-state index in [4.69, 9.17) is 26.3 Å². The maximum absolute atomic E-state index is 16.9. The van der Waals surface area contributed by atoms with Crippen molar-refractivity contribution in [2.24, 2.45) is 12.5 Å². The van der Waals surface area contributed by atoms with Gasteiger partial charge in [0.05, 0.1) is 23.3 Å².